The first kappa shape index (κ1) is 22.0. The second-order valence-corrected chi connectivity index (χ2v) is 8.69. The van der Waals surface area contributed by atoms with E-state index in [0.29, 0.717) is 0 Å². The fourth-order valence-corrected chi connectivity index (χ4v) is 4.62. The summed E-state index contributed by atoms with van der Waals surface area (Å²) in [6.07, 6.45) is -3.15. The summed E-state index contributed by atoms with van der Waals surface area (Å²) in [6.45, 7) is 0.120. The molecule has 3 aromatic carbocycles. The molecule has 1 saturated heterocycles. The second kappa shape index (κ2) is 8.53. The molecule has 170 valence electrons. The maximum absolute atomic E-state index is 13.3. The Morgan fingerprint density at radius 1 is 0.882 bits per heavy atom. The average Bonchev–Trinajstić information content (AvgIpc) is 3.39. The van der Waals surface area contributed by atoms with E-state index in [-0.39, 0.29) is 28.5 Å². The Morgan fingerprint density at radius 3 is 2.41 bits per heavy atom. The lowest BCUT2D eigenvalue weighted by molar-refractivity contribution is -0.137. The Labute approximate surface area is 196 Å². The lowest BCUT2D eigenvalue weighted by Crippen LogP contribution is -2.27. The summed E-state index contributed by atoms with van der Waals surface area (Å²) in [5.74, 6) is -0.269. The summed E-state index contributed by atoms with van der Waals surface area (Å²) in [6, 6.07) is 21.5. The summed E-state index contributed by atoms with van der Waals surface area (Å²) in [4.78, 5) is 26.7. The van der Waals surface area contributed by atoms with E-state index < -0.39 is 22.9 Å². The molecule has 0 bridgehead atoms. The van der Waals surface area contributed by atoms with Crippen LogP contribution in [0.25, 0.3) is 28.2 Å². The van der Waals surface area contributed by atoms with Gasteiger partial charge >= 0.3 is 6.18 Å². The summed E-state index contributed by atoms with van der Waals surface area (Å²) >= 11 is 0.771. The molecule has 1 aromatic heterocycles. The Hall–Kier alpha value is -3.78. The van der Waals surface area contributed by atoms with Crippen molar-refractivity contribution in [1.82, 2.24) is 4.90 Å². The molecular weight excluding hydrogens is 463 g/mol. The van der Waals surface area contributed by atoms with Gasteiger partial charge in [-0.1, -0.05) is 54.6 Å². The van der Waals surface area contributed by atoms with Crippen molar-refractivity contribution < 1.29 is 27.2 Å². The van der Waals surface area contributed by atoms with Gasteiger partial charge in [-0.15, -0.1) is 0 Å². The van der Waals surface area contributed by atoms with Crippen molar-refractivity contribution in [2.24, 2.45) is 0 Å². The van der Waals surface area contributed by atoms with Gasteiger partial charge in [0, 0.05) is 11.6 Å². The predicted octanol–water partition coefficient (Wildman–Crippen LogP) is 7.36. The number of carbonyl (C=O) groups excluding carboxylic acids is 2. The zero-order valence-corrected chi connectivity index (χ0v) is 18.3. The number of imide groups is 1. The first-order valence-electron chi connectivity index (χ1n) is 10.3. The summed E-state index contributed by atoms with van der Waals surface area (Å²) < 4.78 is 45.6. The van der Waals surface area contributed by atoms with Crippen LogP contribution >= 0.6 is 11.8 Å². The Balaban J connectivity index is 1.38. The molecule has 1 aliphatic heterocycles. The first-order valence-corrected chi connectivity index (χ1v) is 11.1. The molecule has 0 spiro atoms. The minimum absolute atomic E-state index is 0.0227. The molecule has 1 fully saturated rings. The van der Waals surface area contributed by atoms with Crippen LogP contribution < -0.4 is 0 Å². The van der Waals surface area contributed by atoms with E-state index in [1.54, 1.807) is 0 Å². The number of furan rings is 1. The summed E-state index contributed by atoms with van der Waals surface area (Å²) in [5.41, 5.74) is -0.100. The van der Waals surface area contributed by atoms with Crippen LogP contribution in [0.3, 0.4) is 0 Å². The molecule has 0 unspecified atom stereocenters. The van der Waals surface area contributed by atoms with Gasteiger partial charge in [-0.3, -0.25) is 14.5 Å². The number of amides is 2. The maximum Gasteiger partial charge on any atom is 0.417 e. The highest BCUT2D eigenvalue weighted by Crippen LogP contribution is 2.39. The van der Waals surface area contributed by atoms with Crippen LogP contribution in [-0.2, 0) is 17.5 Å². The zero-order valence-electron chi connectivity index (χ0n) is 17.5. The number of fused-ring (bicyclic) bond motifs is 1. The monoisotopic (exact) mass is 479 g/mol. The van der Waals surface area contributed by atoms with Crippen LogP contribution in [0.15, 0.2) is 88.2 Å². The lowest BCUT2D eigenvalue weighted by Gasteiger charge is -2.13. The zero-order chi connectivity index (χ0) is 23.9. The third-order valence-electron chi connectivity index (χ3n) is 5.43. The largest absolute Gasteiger partial charge is 0.457 e. The molecular formula is C26H16F3NO3S. The van der Waals surface area contributed by atoms with Gasteiger partial charge in [-0.25, -0.2) is 0 Å². The maximum atomic E-state index is 13.3. The van der Waals surface area contributed by atoms with Crippen LogP contribution in [0, 0.1) is 0 Å². The number of rotatable bonds is 4. The highest BCUT2D eigenvalue weighted by atomic mass is 32.2. The van der Waals surface area contributed by atoms with Crippen LogP contribution in [0.1, 0.15) is 16.9 Å². The molecule has 2 heterocycles. The molecule has 0 aliphatic carbocycles. The quantitative estimate of drug-likeness (QED) is 0.287. The van der Waals surface area contributed by atoms with Crippen molar-refractivity contribution in [2.45, 2.75) is 12.7 Å². The van der Waals surface area contributed by atoms with E-state index in [0.717, 1.165) is 39.1 Å². The fraction of sp³-hybridized carbons (Fsp3) is 0.0769. The topological polar surface area (TPSA) is 50.5 Å². The van der Waals surface area contributed by atoms with Crippen LogP contribution in [0.4, 0.5) is 18.0 Å². The molecule has 4 nitrogen and oxygen atoms in total. The average molecular weight is 479 g/mol. The Bertz CT molecular complexity index is 1450. The van der Waals surface area contributed by atoms with Gasteiger partial charge in [-0.2, -0.15) is 13.2 Å². The van der Waals surface area contributed by atoms with Crippen molar-refractivity contribution in [3.05, 3.63) is 101 Å². The summed E-state index contributed by atoms with van der Waals surface area (Å²) in [5, 5.41) is 1.64. The van der Waals surface area contributed by atoms with Crippen molar-refractivity contribution in [3.63, 3.8) is 0 Å². The van der Waals surface area contributed by atoms with Crippen LogP contribution in [-0.4, -0.2) is 16.0 Å². The summed E-state index contributed by atoms with van der Waals surface area (Å²) in [7, 11) is 0. The number of thioether (sulfide) groups is 1. The van der Waals surface area contributed by atoms with Gasteiger partial charge in [0.2, 0.25) is 0 Å². The van der Waals surface area contributed by atoms with E-state index in [1.165, 1.54) is 36.4 Å². The third kappa shape index (κ3) is 4.24. The second-order valence-electron chi connectivity index (χ2n) is 7.69. The lowest BCUT2D eigenvalue weighted by atomic mass is 10.1. The van der Waals surface area contributed by atoms with Crippen molar-refractivity contribution in [2.75, 3.05) is 0 Å². The van der Waals surface area contributed by atoms with Gasteiger partial charge < -0.3 is 4.42 Å². The highest BCUT2D eigenvalue weighted by Gasteiger charge is 2.36. The number of halogens is 3. The number of benzene rings is 3. The molecule has 0 atom stereocenters. The SMILES string of the molecule is O=C1S/C(=C\c2ccc(-c3ccccc3C(F)(F)F)o2)C(=O)N1Cc1ccc2ccccc2c1. The number of alkyl halides is 3. The van der Waals surface area contributed by atoms with Crippen LogP contribution in [0.2, 0.25) is 0 Å². The van der Waals surface area contributed by atoms with E-state index in [9.17, 15) is 22.8 Å². The van der Waals surface area contributed by atoms with Gasteiger partial charge in [0.1, 0.15) is 11.5 Å². The highest BCUT2D eigenvalue weighted by molar-refractivity contribution is 8.18. The van der Waals surface area contributed by atoms with Crippen molar-refractivity contribution >= 4 is 39.8 Å². The molecule has 0 saturated carbocycles. The predicted molar refractivity (Wildman–Crippen MR) is 125 cm³/mol. The molecule has 0 radical (unpaired) electrons. The molecule has 8 heteroatoms. The van der Waals surface area contributed by atoms with E-state index in [4.69, 9.17) is 4.42 Å². The standard InChI is InChI=1S/C26H16F3NO3S/c27-26(28,29)21-8-4-3-7-20(21)22-12-11-19(33-22)14-23-24(31)30(25(32)34-23)15-16-9-10-17-5-1-2-6-18(17)13-16/h1-14H,15H2/b23-14-. The molecule has 0 N–H and O–H groups in total. The van der Waals surface area contributed by atoms with Gasteiger partial charge in [0.15, 0.2) is 0 Å². The number of carbonyl (C=O) groups is 2. The molecule has 2 amide bonds. The number of hydrogen-bond donors (Lipinski definition) is 0. The fourth-order valence-electron chi connectivity index (χ4n) is 3.81. The molecule has 1 aliphatic rings. The van der Waals surface area contributed by atoms with Crippen LogP contribution in [0.5, 0.6) is 0 Å². The van der Waals surface area contributed by atoms with Gasteiger partial charge in [-0.05, 0) is 52.4 Å². The minimum atomic E-state index is -4.53. The molecule has 4 aromatic rings. The van der Waals surface area contributed by atoms with Crippen molar-refractivity contribution in [3.8, 4) is 11.3 Å². The number of nitrogens with zero attached hydrogens (tertiary/aromatic N) is 1. The Morgan fingerprint density at radius 2 is 1.62 bits per heavy atom. The van der Waals surface area contributed by atoms with Gasteiger partial charge in [0.05, 0.1) is 17.0 Å². The van der Waals surface area contributed by atoms with E-state index in [2.05, 4.69) is 0 Å². The normalized spacial score (nSPS) is 15.6. The third-order valence-corrected chi connectivity index (χ3v) is 6.33. The van der Waals surface area contributed by atoms with E-state index in [1.807, 2.05) is 42.5 Å². The van der Waals surface area contributed by atoms with Gasteiger partial charge in [0.25, 0.3) is 11.1 Å². The Kier molecular flexibility index (Phi) is 5.53. The first-order chi connectivity index (χ1) is 16.3. The smallest absolute Gasteiger partial charge is 0.417 e. The minimum Gasteiger partial charge on any atom is -0.457 e. The number of hydrogen-bond acceptors (Lipinski definition) is 4. The molecule has 34 heavy (non-hydrogen) atoms. The van der Waals surface area contributed by atoms with E-state index >= 15 is 0 Å². The molecule has 5 rings (SSSR count). The van der Waals surface area contributed by atoms with Crippen molar-refractivity contribution in [1.29, 1.82) is 0 Å².